The molecule has 7 aromatic rings. The van der Waals surface area contributed by atoms with E-state index in [1.165, 1.54) is 11.1 Å². The van der Waals surface area contributed by atoms with E-state index in [1.807, 2.05) is 18.2 Å². The first-order valence-corrected chi connectivity index (χ1v) is 22.8. The molecule has 0 fully saturated rings. The fourth-order valence-electron chi connectivity index (χ4n) is 10.2. The fourth-order valence-corrected chi connectivity index (χ4v) is 12.6. The van der Waals surface area contributed by atoms with Gasteiger partial charge in [-0.3, -0.25) is 0 Å². The Balaban J connectivity index is 1.21. The zero-order valence-corrected chi connectivity index (χ0v) is 37.2. The van der Waals surface area contributed by atoms with E-state index in [1.54, 1.807) is 0 Å². The summed E-state index contributed by atoms with van der Waals surface area (Å²) in [5.74, 6) is 1.50. The van der Waals surface area contributed by atoms with Gasteiger partial charge in [0, 0.05) is 33.0 Å². The molecule has 2 atom stereocenters. The summed E-state index contributed by atoms with van der Waals surface area (Å²) in [6, 6.07) is 21.5. The molecule has 0 radical (unpaired) electrons. The van der Waals surface area contributed by atoms with E-state index in [2.05, 4.69) is 141 Å². The molecule has 11 rings (SSSR count). The third kappa shape index (κ3) is 5.99. The molecule has 0 amide bonds. The normalized spacial score (nSPS) is 17.9. The van der Waals surface area contributed by atoms with Crippen LogP contribution in [0.15, 0.2) is 132 Å². The van der Waals surface area contributed by atoms with Gasteiger partial charge in [-0.05, 0) is 171 Å². The van der Waals surface area contributed by atoms with Crippen molar-refractivity contribution in [2.75, 3.05) is 0 Å². The first-order valence-electron chi connectivity index (χ1n) is 20.6. The van der Waals surface area contributed by atoms with E-state index in [4.69, 9.17) is 25.8 Å². The highest BCUT2D eigenvalue weighted by atomic mass is 31.1. The average molecular weight is 831 g/mol. The van der Waals surface area contributed by atoms with Gasteiger partial charge in [-0.15, -0.1) is 0 Å². The van der Waals surface area contributed by atoms with Crippen molar-refractivity contribution >= 4 is 66.4 Å². The van der Waals surface area contributed by atoms with E-state index in [9.17, 15) is 0 Å². The summed E-state index contributed by atoms with van der Waals surface area (Å²) in [5.41, 5.74) is 16.6. The van der Waals surface area contributed by atoms with Gasteiger partial charge >= 0.3 is 16.5 Å². The summed E-state index contributed by atoms with van der Waals surface area (Å²) in [6.45, 7) is 25.4. The molecule has 2 unspecified atom stereocenters. The lowest BCUT2D eigenvalue weighted by molar-refractivity contribution is 0.329. The zero-order chi connectivity index (χ0) is 41.8. The van der Waals surface area contributed by atoms with Crippen LogP contribution in [0.2, 0.25) is 0 Å². The highest BCUT2D eigenvalue weighted by Crippen LogP contribution is 2.62. The van der Waals surface area contributed by atoms with Crippen molar-refractivity contribution in [3.05, 3.63) is 176 Å². The maximum absolute atomic E-state index is 7.24. The molecule has 4 aliphatic carbocycles. The summed E-state index contributed by atoms with van der Waals surface area (Å²) >= 11 is 0. The average Bonchev–Trinajstić information content (AvgIpc) is 3.50. The molecule has 2 aromatic heterocycles. The first kappa shape index (κ1) is 38.4. The lowest BCUT2D eigenvalue weighted by Crippen LogP contribution is -2.39. The monoisotopic (exact) mass is 830 g/mol. The molecule has 0 saturated heterocycles. The van der Waals surface area contributed by atoms with Crippen molar-refractivity contribution in [1.82, 2.24) is 0 Å². The number of rotatable bonds is 6. The molecule has 3 bridgehead atoms. The number of benzene rings is 5. The molecule has 60 heavy (non-hydrogen) atoms. The van der Waals surface area contributed by atoms with Crippen molar-refractivity contribution in [3.8, 4) is 5.75 Å². The molecule has 0 N–H and O–H groups in total. The molecule has 0 aliphatic heterocycles. The second-order valence-corrected chi connectivity index (χ2v) is 19.0. The Bertz CT molecular complexity index is 3110. The van der Waals surface area contributed by atoms with Crippen LogP contribution in [0.3, 0.4) is 0 Å². The number of hydrogen-bond acceptors (Lipinski definition) is 6. The van der Waals surface area contributed by atoms with E-state index < -0.39 is 21.9 Å². The van der Waals surface area contributed by atoms with Gasteiger partial charge in [0.25, 0.3) is 0 Å². The molecule has 302 valence electrons. The Morgan fingerprint density at radius 2 is 1.07 bits per heavy atom. The topological polar surface area (TPSA) is 71.0 Å². The quantitative estimate of drug-likeness (QED) is 0.166. The van der Waals surface area contributed by atoms with Gasteiger partial charge in [0.2, 0.25) is 0 Å². The molecular weight excluding hydrogens is 783 g/mol. The highest BCUT2D eigenvalue weighted by Gasteiger charge is 2.52. The minimum absolute atomic E-state index is 0.0997. The molecule has 5 aromatic carbocycles. The van der Waals surface area contributed by atoms with Crippen LogP contribution >= 0.6 is 16.5 Å². The number of aryl methyl sites for hydroxylation is 8. The Morgan fingerprint density at radius 1 is 0.600 bits per heavy atom. The van der Waals surface area contributed by atoms with Crippen LogP contribution in [0.5, 0.6) is 5.75 Å². The third-order valence-electron chi connectivity index (χ3n) is 12.5. The number of hydrogen-bond donors (Lipinski definition) is 0. The van der Waals surface area contributed by atoms with Gasteiger partial charge in [-0.2, -0.15) is 0 Å². The van der Waals surface area contributed by atoms with E-state index in [0.29, 0.717) is 5.75 Å². The Labute approximate surface area is 352 Å². The maximum Gasteiger partial charge on any atom is 0.453 e. The van der Waals surface area contributed by atoms with Crippen molar-refractivity contribution in [2.45, 2.75) is 79.6 Å². The van der Waals surface area contributed by atoms with Crippen LogP contribution in [0, 0.1) is 55.4 Å². The second-order valence-electron chi connectivity index (χ2n) is 17.0. The fraction of sp³-hybridized carbons (Fsp3) is 0.231. The van der Waals surface area contributed by atoms with Gasteiger partial charge in [0.15, 0.2) is 0 Å². The van der Waals surface area contributed by atoms with Crippen LogP contribution in [0.1, 0.15) is 80.0 Å². The van der Waals surface area contributed by atoms with Crippen LogP contribution in [0.4, 0.5) is 0 Å². The van der Waals surface area contributed by atoms with Crippen LogP contribution in [-0.2, 0) is 5.41 Å². The van der Waals surface area contributed by atoms with Crippen LogP contribution in [-0.4, -0.2) is 0 Å². The lowest BCUT2D eigenvalue weighted by atomic mass is 9.57. The predicted molar refractivity (Wildman–Crippen MR) is 248 cm³/mol. The van der Waals surface area contributed by atoms with Crippen molar-refractivity contribution < 1.29 is 25.8 Å². The summed E-state index contributed by atoms with van der Waals surface area (Å²) in [6.07, 6.45) is 12.2. The highest BCUT2D eigenvalue weighted by molar-refractivity contribution is 7.32. The maximum atomic E-state index is 7.24. The van der Waals surface area contributed by atoms with E-state index in [-0.39, 0.29) is 5.92 Å². The molecule has 8 heteroatoms. The lowest BCUT2D eigenvalue weighted by Gasteiger charge is -2.47. The summed E-state index contributed by atoms with van der Waals surface area (Å²) in [5, 5.41) is 4.03. The summed E-state index contributed by atoms with van der Waals surface area (Å²) in [4.78, 5) is 0. The van der Waals surface area contributed by atoms with Gasteiger partial charge in [-0.1, -0.05) is 67.8 Å². The van der Waals surface area contributed by atoms with Crippen molar-refractivity contribution in [2.24, 2.45) is 0 Å². The first-order chi connectivity index (χ1) is 28.8. The Kier molecular flexibility index (Phi) is 9.06. The smallest absolute Gasteiger partial charge is 0.394 e. The zero-order valence-electron chi connectivity index (χ0n) is 35.4. The third-order valence-corrected chi connectivity index (χ3v) is 14.6. The molecule has 2 heterocycles. The van der Waals surface area contributed by atoms with Crippen molar-refractivity contribution in [3.63, 3.8) is 0 Å². The summed E-state index contributed by atoms with van der Waals surface area (Å²) < 4.78 is 41.9. The minimum Gasteiger partial charge on any atom is -0.394 e. The van der Waals surface area contributed by atoms with E-state index in [0.717, 1.165) is 124 Å². The van der Waals surface area contributed by atoms with E-state index >= 15 is 0 Å². The molecular formula is C52H48O6P2. The number of fused-ring (bicyclic) bond motifs is 7. The Morgan fingerprint density at radius 3 is 1.52 bits per heavy atom. The van der Waals surface area contributed by atoms with Crippen molar-refractivity contribution in [1.29, 1.82) is 0 Å². The van der Waals surface area contributed by atoms with Crippen LogP contribution in [0.25, 0.3) is 50.0 Å². The minimum atomic E-state index is -1.98. The van der Waals surface area contributed by atoms with Crippen LogP contribution < -0.4 is 9.05 Å². The molecule has 1 spiro atoms. The van der Waals surface area contributed by atoms with Gasteiger partial charge in [0.05, 0.1) is 5.41 Å². The van der Waals surface area contributed by atoms with Gasteiger partial charge in [-0.25, -0.2) is 0 Å². The SMILES string of the molecule is C=CC1=CC=C(Op2oc3c(C)cc(C)cc3c3cc(C)cc(C)c3o2)C23C=C1C(CC2)c1c(C=C)ccc(Op2oc4c(C)cc(C)cc4c4cc(C)cc(C)c4o2)c13. The Hall–Kier alpha value is -5.80. The number of allylic oxidation sites excluding steroid dienone is 6. The molecule has 6 nitrogen and oxygen atoms in total. The molecule has 4 aliphatic rings. The second kappa shape index (κ2) is 14.2. The van der Waals surface area contributed by atoms with Gasteiger partial charge < -0.3 is 25.8 Å². The largest absolute Gasteiger partial charge is 0.453 e. The van der Waals surface area contributed by atoms with Gasteiger partial charge in [0.1, 0.15) is 33.8 Å². The summed E-state index contributed by atoms with van der Waals surface area (Å²) in [7, 11) is -3.94. The predicted octanol–water partition coefficient (Wildman–Crippen LogP) is 16.0. The molecule has 0 saturated carbocycles. The standard InChI is InChI=1S/C52H48O6P2/c1-11-36-14-16-45(54-60-57-50-34(9)21-30(5)25-41(50)42-26-31(6)22-35(10)51(42)58-60)52-18-17-38(43(36)27-52)46-37(12-2)13-15-44(47(46)52)53-59-55-48-32(7)19-28(3)23-39(48)40-24-29(4)20-33(8)49(40)56-59/h11-16,19-27,38H,1-2,17-18H2,3-10H3.